The number of aliphatic hydroxyl groups is 1. The predicted molar refractivity (Wildman–Crippen MR) is 68.6 cm³/mol. The third-order valence-corrected chi connectivity index (χ3v) is 3.64. The molecule has 0 spiro atoms. The van der Waals surface area contributed by atoms with Gasteiger partial charge in [0.25, 0.3) is 0 Å². The Hall–Kier alpha value is -0.120. The molecule has 3 heteroatoms. The molecule has 0 bridgehead atoms. The smallest absolute Gasteiger partial charge is 0.0558 e. The van der Waals surface area contributed by atoms with Crippen LogP contribution in [0.3, 0.4) is 0 Å². The molecule has 2 N–H and O–H groups in total. The van der Waals surface area contributed by atoms with Crippen LogP contribution in [0.5, 0.6) is 0 Å². The van der Waals surface area contributed by atoms with E-state index >= 15 is 0 Å². The summed E-state index contributed by atoms with van der Waals surface area (Å²) >= 11 is 0. The van der Waals surface area contributed by atoms with E-state index in [0.717, 1.165) is 19.6 Å². The molecule has 1 fully saturated rings. The molecule has 0 aromatic heterocycles. The van der Waals surface area contributed by atoms with Crippen molar-refractivity contribution in [3.63, 3.8) is 0 Å². The first-order chi connectivity index (χ1) is 7.58. The zero-order chi connectivity index (χ0) is 12.0. The van der Waals surface area contributed by atoms with E-state index in [1.165, 1.54) is 25.7 Å². The highest BCUT2D eigenvalue weighted by atomic mass is 16.3. The number of nitrogens with zero attached hydrogens (tertiary/aromatic N) is 1. The highest BCUT2D eigenvalue weighted by Crippen LogP contribution is 2.38. The van der Waals surface area contributed by atoms with Crippen molar-refractivity contribution in [3.05, 3.63) is 0 Å². The second-order valence-electron chi connectivity index (χ2n) is 5.70. The van der Waals surface area contributed by atoms with Crippen molar-refractivity contribution in [1.82, 2.24) is 10.2 Å². The molecule has 3 nitrogen and oxygen atoms in total. The second kappa shape index (κ2) is 6.58. The molecule has 0 aromatic carbocycles. The van der Waals surface area contributed by atoms with Crippen molar-refractivity contribution in [1.29, 1.82) is 0 Å². The summed E-state index contributed by atoms with van der Waals surface area (Å²) in [6.45, 7) is 7.72. The van der Waals surface area contributed by atoms with Crippen molar-refractivity contribution >= 4 is 0 Å². The summed E-state index contributed by atoms with van der Waals surface area (Å²) in [5.74, 6) is 0. The van der Waals surface area contributed by atoms with Gasteiger partial charge in [-0.1, -0.05) is 26.7 Å². The van der Waals surface area contributed by atoms with Gasteiger partial charge >= 0.3 is 0 Å². The fourth-order valence-electron chi connectivity index (χ4n) is 2.76. The maximum absolute atomic E-state index is 8.96. The SMILES string of the molecule is CC(C)NCC1(CN(C)CCO)CCCC1. The van der Waals surface area contributed by atoms with Crippen molar-refractivity contribution in [3.8, 4) is 0 Å². The Kier molecular flexibility index (Phi) is 5.73. The zero-order valence-electron chi connectivity index (χ0n) is 11.1. The second-order valence-corrected chi connectivity index (χ2v) is 5.70. The Labute approximate surface area is 100 Å². The van der Waals surface area contributed by atoms with Crippen molar-refractivity contribution < 1.29 is 5.11 Å². The zero-order valence-corrected chi connectivity index (χ0v) is 11.1. The normalized spacial score (nSPS) is 19.9. The Morgan fingerprint density at radius 2 is 1.94 bits per heavy atom. The fraction of sp³-hybridized carbons (Fsp3) is 1.00. The van der Waals surface area contributed by atoms with Crippen LogP contribution < -0.4 is 5.32 Å². The molecular formula is C13H28N2O. The van der Waals surface area contributed by atoms with Crippen molar-refractivity contribution in [2.45, 2.75) is 45.6 Å². The van der Waals surface area contributed by atoms with Crippen LogP contribution in [0.1, 0.15) is 39.5 Å². The number of aliphatic hydroxyl groups excluding tert-OH is 1. The highest BCUT2D eigenvalue weighted by molar-refractivity contribution is 4.89. The molecule has 0 radical (unpaired) electrons. The van der Waals surface area contributed by atoms with E-state index < -0.39 is 0 Å². The Bertz CT molecular complexity index is 188. The summed E-state index contributed by atoms with van der Waals surface area (Å²) in [5.41, 5.74) is 0.453. The lowest BCUT2D eigenvalue weighted by molar-refractivity contribution is 0.144. The van der Waals surface area contributed by atoms with E-state index in [4.69, 9.17) is 5.11 Å². The van der Waals surface area contributed by atoms with E-state index in [9.17, 15) is 0 Å². The van der Waals surface area contributed by atoms with Gasteiger partial charge in [0.05, 0.1) is 6.61 Å². The number of likely N-dealkylation sites (N-methyl/N-ethyl adjacent to an activating group) is 1. The standard InChI is InChI=1S/C13H28N2O/c1-12(2)14-10-13(6-4-5-7-13)11-15(3)8-9-16/h12,14,16H,4-11H2,1-3H3. The molecule has 0 heterocycles. The average Bonchev–Trinajstić information content (AvgIpc) is 2.64. The molecule has 1 aliphatic carbocycles. The lowest BCUT2D eigenvalue weighted by Crippen LogP contribution is -2.43. The molecule has 0 saturated heterocycles. The molecule has 0 aromatic rings. The summed E-state index contributed by atoms with van der Waals surface area (Å²) in [7, 11) is 2.12. The molecule has 1 saturated carbocycles. The van der Waals surface area contributed by atoms with Crippen LogP contribution >= 0.6 is 0 Å². The Morgan fingerprint density at radius 1 is 1.31 bits per heavy atom. The maximum atomic E-state index is 8.96. The van der Waals surface area contributed by atoms with E-state index in [0.29, 0.717) is 11.5 Å². The Morgan fingerprint density at radius 3 is 2.44 bits per heavy atom. The van der Waals surface area contributed by atoms with Gasteiger partial charge in [0.2, 0.25) is 0 Å². The largest absolute Gasteiger partial charge is 0.395 e. The monoisotopic (exact) mass is 228 g/mol. The Balaban J connectivity index is 2.44. The summed E-state index contributed by atoms with van der Waals surface area (Å²) in [6.07, 6.45) is 5.41. The molecule has 16 heavy (non-hydrogen) atoms. The van der Waals surface area contributed by atoms with Gasteiger partial charge in [0, 0.05) is 25.7 Å². The first-order valence-electron chi connectivity index (χ1n) is 6.61. The minimum Gasteiger partial charge on any atom is -0.395 e. The lowest BCUT2D eigenvalue weighted by atomic mass is 9.85. The van der Waals surface area contributed by atoms with Gasteiger partial charge in [-0.05, 0) is 25.3 Å². The lowest BCUT2D eigenvalue weighted by Gasteiger charge is -2.34. The minimum absolute atomic E-state index is 0.268. The number of hydrogen-bond donors (Lipinski definition) is 2. The van der Waals surface area contributed by atoms with E-state index in [1.54, 1.807) is 0 Å². The van der Waals surface area contributed by atoms with E-state index in [1.807, 2.05) is 0 Å². The number of nitrogens with one attached hydrogen (secondary N) is 1. The molecule has 0 aliphatic heterocycles. The topological polar surface area (TPSA) is 35.5 Å². The summed E-state index contributed by atoms with van der Waals surface area (Å²) in [4.78, 5) is 2.27. The van der Waals surface area contributed by atoms with Crippen molar-refractivity contribution in [2.24, 2.45) is 5.41 Å². The summed E-state index contributed by atoms with van der Waals surface area (Å²) < 4.78 is 0. The molecule has 0 unspecified atom stereocenters. The molecule has 0 amide bonds. The number of rotatable bonds is 7. The van der Waals surface area contributed by atoms with Crippen LogP contribution in [0.15, 0.2) is 0 Å². The van der Waals surface area contributed by atoms with Gasteiger partial charge in [-0.2, -0.15) is 0 Å². The van der Waals surface area contributed by atoms with Gasteiger partial charge in [-0.3, -0.25) is 0 Å². The first-order valence-corrected chi connectivity index (χ1v) is 6.61. The quantitative estimate of drug-likeness (QED) is 0.692. The molecular weight excluding hydrogens is 200 g/mol. The van der Waals surface area contributed by atoms with Gasteiger partial charge in [-0.15, -0.1) is 0 Å². The van der Waals surface area contributed by atoms with Crippen LogP contribution in [0.2, 0.25) is 0 Å². The molecule has 96 valence electrons. The molecule has 0 atom stereocenters. The number of hydrogen-bond acceptors (Lipinski definition) is 3. The highest BCUT2D eigenvalue weighted by Gasteiger charge is 2.34. The van der Waals surface area contributed by atoms with Gasteiger partial charge in [0.1, 0.15) is 0 Å². The molecule has 1 rings (SSSR count). The van der Waals surface area contributed by atoms with Gasteiger partial charge in [-0.25, -0.2) is 0 Å². The third kappa shape index (κ3) is 4.40. The van der Waals surface area contributed by atoms with E-state index in [-0.39, 0.29) is 6.61 Å². The van der Waals surface area contributed by atoms with Gasteiger partial charge in [0.15, 0.2) is 0 Å². The van der Waals surface area contributed by atoms with Crippen LogP contribution in [-0.4, -0.2) is 49.3 Å². The molecule has 1 aliphatic rings. The van der Waals surface area contributed by atoms with Crippen molar-refractivity contribution in [2.75, 3.05) is 33.3 Å². The van der Waals surface area contributed by atoms with Crippen LogP contribution in [0.4, 0.5) is 0 Å². The third-order valence-electron chi connectivity index (χ3n) is 3.64. The van der Waals surface area contributed by atoms with Crippen LogP contribution in [0.25, 0.3) is 0 Å². The first kappa shape index (κ1) is 13.9. The van der Waals surface area contributed by atoms with Gasteiger partial charge < -0.3 is 15.3 Å². The summed E-state index contributed by atoms with van der Waals surface area (Å²) in [5, 5.41) is 12.5. The van der Waals surface area contributed by atoms with Crippen LogP contribution in [0, 0.1) is 5.41 Å². The maximum Gasteiger partial charge on any atom is 0.0558 e. The van der Waals surface area contributed by atoms with Crippen LogP contribution in [-0.2, 0) is 0 Å². The van der Waals surface area contributed by atoms with E-state index in [2.05, 4.69) is 31.1 Å². The predicted octanol–water partition coefficient (Wildman–Crippen LogP) is 1.47. The summed E-state index contributed by atoms with van der Waals surface area (Å²) in [6, 6.07) is 0.570. The minimum atomic E-state index is 0.268. The fourth-order valence-corrected chi connectivity index (χ4v) is 2.76. The average molecular weight is 228 g/mol.